The maximum Gasteiger partial charge on any atom is 0.139 e. The van der Waals surface area contributed by atoms with E-state index >= 15 is 0 Å². The zero-order valence-electron chi connectivity index (χ0n) is 12.0. The minimum atomic E-state index is 0.683. The number of fused-ring (bicyclic) bond motifs is 3. The van der Waals surface area contributed by atoms with Gasteiger partial charge in [0.05, 0.1) is 24.2 Å². The van der Waals surface area contributed by atoms with Gasteiger partial charge in [-0.15, -0.1) is 0 Å². The molecular weight excluding hydrogens is 248 g/mol. The lowest BCUT2D eigenvalue weighted by Crippen LogP contribution is -2.42. The predicted octanol–water partition coefficient (Wildman–Crippen LogP) is 3.72. The molecule has 2 aromatic rings. The van der Waals surface area contributed by atoms with Crippen LogP contribution in [0.3, 0.4) is 0 Å². The highest BCUT2D eigenvalue weighted by molar-refractivity contribution is 5.98. The number of rotatable bonds is 2. The highest BCUT2D eigenvalue weighted by Crippen LogP contribution is 2.42. The SMILES string of the molecule is CC[C@@H]1CCCC[C@@H]1N1CNc2cnc3[nH]ccc3c21. The van der Waals surface area contributed by atoms with E-state index in [4.69, 9.17) is 0 Å². The number of pyridine rings is 1. The van der Waals surface area contributed by atoms with Crippen molar-refractivity contribution in [1.82, 2.24) is 9.97 Å². The first kappa shape index (κ1) is 12.1. The number of nitrogens with one attached hydrogen (secondary N) is 2. The van der Waals surface area contributed by atoms with Crippen LogP contribution in [0, 0.1) is 5.92 Å². The van der Waals surface area contributed by atoms with Crippen molar-refractivity contribution >= 4 is 22.4 Å². The van der Waals surface area contributed by atoms with Gasteiger partial charge >= 0.3 is 0 Å². The number of H-pyrrole nitrogens is 1. The van der Waals surface area contributed by atoms with Gasteiger partial charge in [-0.1, -0.05) is 26.2 Å². The first-order valence-electron chi connectivity index (χ1n) is 7.85. The smallest absolute Gasteiger partial charge is 0.139 e. The number of aromatic nitrogens is 2. The summed E-state index contributed by atoms with van der Waals surface area (Å²) < 4.78 is 0. The highest BCUT2D eigenvalue weighted by Gasteiger charge is 2.34. The molecule has 2 N–H and O–H groups in total. The quantitative estimate of drug-likeness (QED) is 0.874. The van der Waals surface area contributed by atoms with Gasteiger partial charge in [-0.25, -0.2) is 4.98 Å². The molecule has 0 radical (unpaired) electrons. The van der Waals surface area contributed by atoms with E-state index in [2.05, 4.69) is 33.2 Å². The molecule has 3 heterocycles. The van der Waals surface area contributed by atoms with Gasteiger partial charge in [0.15, 0.2) is 0 Å². The normalized spacial score (nSPS) is 25.8. The summed E-state index contributed by atoms with van der Waals surface area (Å²) in [6.07, 6.45) is 10.7. The summed E-state index contributed by atoms with van der Waals surface area (Å²) in [5, 5.41) is 4.78. The molecule has 2 aliphatic rings. The maximum absolute atomic E-state index is 4.49. The Morgan fingerprint density at radius 1 is 1.35 bits per heavy atom. The van der Waals surface area contributed by atoms with Crippen LogP contribution < -0.4 is 10.2 Å². The summed E-state index contributed by atoms with van der Waals surface area (Å²) in [5.41, 5.74) is 3.56. The second-order valence-corrected chi connectivity index (χ2v) is 6.09. The largest absolute Gasteiger partial charge is 0.365 e. The molecule has 0 aromatic carbocycles. The van der Waals surface area contributed by atoms with Crippen LogP contribution in [-0.2, 0) is 0 Å². The number of nitrogens with zero attached hydrogens (tertiary/aromatic N) is 2. The molecule has 4 rings (SSSR count). The van der Waals surface area contributed by atoms with Gasteiger partial charge in [0.2, 0.25) is 0 Å². The van der Waals surface area contributed by atoms with Crippen molar-refractivity contribution < 1.29 is 0 Å². The fourth-order valence-electron chi connectivity index (χ4n) is 4.04. The molecule has 106 valence electrons. The molecule has 0 bridgehead atoms. The van der Waals surface area contributed by atoms with Crippen LogP contribution in [0.2, 0.25) is 0 Å². The average Bonchev–Trinajstić information content (AvgIpc) is 3.12. The third-order valence-electron chi connectivity index (χ3n) is 5.08. The molecule has 4 nitrogen and oxygen atoms in total. The van der Waals surface area contributed by atoms with E-state index in [1.165, 1.54) is 48.9 Å². The lowest BCUT2D eigenvalue weighted by Gasteiger charge is -2.38. The van der Waals surface area contributed by atoms with Gasteiger partial charge in [0.1, 0.15) is 5.65 Å². The molecule has 0 unspecified atom stereocenters. The molecule has 2 atom stereocenters. The van der Waals surface area contributed by atoms with E-state index in [1.54, 1.807) is 0 Å². The Kier molecular flexibility index (Phi) is 2.83. The zero-order chi connectivity index (χ0) is 13.5. The van der Waals surface area contributed by atoms with E-state index in [0.29, 0.717) is 6.04 Å². The Bertz CT molecular complexity index is 618. The second-order valence-electron chi connectivity index (χ2n) is 6.09. The Balaban J connectivity index is 1.77. The molecule has 20 heavy (non-hydrogen) atoms. The Morgan fingerprint density at radius 2 is 2.25 bits per heavy atom. The third-order valence-corrected chi connectivity index (χ3v) is 5.08. The van der Waals surface area contributed by atoms with Crippen molar-refractivity contribution in [2.75, 3.05) is 16.9 Å². The summed E-state index contributed by atoms with van der Waals surface area (Å²) in [6.45, 7) is 3.27. The van der Waals surface area contributed by atoms with Crippen molar-refractivity contribution in [3.05, 3.63) is 18.5 Å². The van der Waals surface area contributed by atoms with Crippen molar-refractivity contribution in [3.8, 4) is 0 Å². The maximum atomic E-state index is 4.49. The van der Waals surface area contributed by atoms with E-state index in [9.17, 15) is 0 Å². The molecule has 4 heteroatoms. The summed E-state index contributed by atoms with van der Waals surface area (Å²) in [6, 6.07) is 2.84. The van der Waals surface area contributed by atoms with Crippen LogP contribution in [0.4, 0.5) is 11.4 Å². The molecular formula is C16H22N4. The van der Waals surface area contributed by atoms with E-state index in [0.717, 1.165) is 18.2 Å². The Hall–Kier alpha value is -1.71. The van der Waals surface area contributed by atoms with Gasteiger partial charge in [-0.2, -0.15) is 0 Å². The molecule has 1 fully saturated rings. The predicted molar refractivity (Wildman–Crippen MR) is 83.1 cm³/mol. The van der Waals surface area contributed by atoms with Crippen LogP contribution >= 0.6 is 0 Å². The van der Waals surface area contributed by atoms with Crippen LogP contribution in [0.5, 0.6) is 0 Å². The lowest BCUT2D eigenvalue weighted by molar-refractivity contribution is 0.289. The molecule has 0 amide bonds. The third kappa shape index (κ3) is 1.70. The van der Waals surface area contributed by atoms with Crippen LogP contribution in [0.15, 0.2) is 18.5 Å². The molecule has 2 aromatic heterocycles. The zero-order valence-corrected chi connectivity index (χ0v) is 12.0. The molecule has 1 saturated carbocycles. The van der Waals surface area contributed by atoms with Crippen LogP contribution in [0.1, 0.15) is 39.0 Å². The summed E-state index contributed by atoms with van der Waals surface area (Å²) in [7, 11) is 0. The monoisotopic (exact) mass is 270 g/mol. The van der Waals surface area contributed by atoms with E-state index in [1.807, 2.05) is 12.4 Å². The molecule has 1 aliphatic heterocycles. The van der Waals surface area contributed by atoms with Crippen molar-refractivity contribution in [3.63, 3.8) is 0 Å². The Morgan fingerprint density at radius 3 is 3.15 bits per heavy atom. The number of hydrogen-bond acceptors (Lipinski definition) is 3. The second kappa shape index (κ2) is 4.69. The summed E-state index contributed by atoms with van der Waals surface area (Å²) >= 11 is 0. The minimum absolute atomic E-state index is 0.683. The topological polar surface area (TPSA) is 44.0 Å². The number of anilines is 2. The molecule has 1 aliphatic carbocycles. The fourth-order valence-corrected chi connectivity index (χ4v) is 4.04. The van der Waals surface area contributed by atoms with Crippen LogP contribution in [0.25, 0.3) is 11.0 Å². The van der Waals surface area contributed by atoms with Gasteiger partial charge in [0, 0.05) is 17.6 Å². The number of hydrogen-bond donors (Lipinski definition) is 2. The highest BCUT2D eigenvalue weighted by atomic mass is 15.3. The van der Waals surface area contributed by atoms with Gasteiger partial charge in [-0.05, 0) is 24.8 Å². The first-order valence-corrected chi connectivity index (χ1v) is 7.85. The average molecular weight is 270 g/mol. The molecule has 0 saturated heterocycles. The van der Waals surface area contributed by atoms with Gasteiger partial charge < -0.3 is 15.2 Å². The van der Waals surface area contributed by atoms with Gasteiger partial charge in [-0.3, -0.25) is 0 Å². The number of aromatic amines is 1. The lowest BCUT2D eigenvalue weighted by atomic mass is 9.82. The summed E-state index contributed by atoms with van der Waals surface area (Å²) in [4.78, 5) is 10.3. The standard InChI is InChI=1S/C16H22N4/c1-2-11-5-3-4-6-14(11)20-10-19-13-9-18-16-12(15(13)20)7-8-17-16/h7-9,11,14,19H,2-6,10H2,1H3,(H,17,18)/t11-,14+/m1/s1. The van der Waals surface area contributed by atoms with Crippen molar-refractivity contribution in [2.24, 2.45) is 5.92 Å². The van der Waals surface area contributed by atoms with Crippen molar-refractivity contribution in [1.29, 1.82) is 0 Å². The molecule has 0 spiro atoms. The van der Waals surface area contributed by atoms with E-state index in [-0.39, 0.29) is 0 Å². The van der Waals surface area contributed by atoms with Gasteiger partial charge in [0.25, 0.3) is 0 Å². The minimum Gasteiger partial charge on any atom is -0.365 e. The fraction of sp³-hybridized carbons (Fsp3) is 0.562. The van der Waals surface area contributed by atoms with E-state index < -0.39 is 0 Å². The summed E-state index contributed by atoms with van der Waals surface area (Å²) in [5.74, 6) is 0.832. The van der Waals surface area contributed by atoms with Crippen LogP contribution in [-0.4, -0.2) is 22.7 Å². The Labute approximate surface area is 119 Å². The van der Waals surface area contributed by atoms with Crippen molar-refractivity contribution in [2.45, 2.75) is 45.1 Å². The first-order chi connectivity index (χ1) is 9.88.